The maximum absolute atomic E-state index is 12.1. The average molecular weight is 288 g/mol. The molecular formula is C16H24N4O. The first-order valence-electron chi connectivity index (χ1n) is 7.35. The van der Waals surface area contributed by atoms with Gasteiger partial charge in [-0.05, 0) is 45.0 Å². The molecule has 0 aliphatic rings. The van der Waals surface area contributed by atoms with E-state index in [0.29, 0.717) is 0 Å². The molecule has 2 aromatic heterocycles. The van der Waals surface area contributed by atoms with E-state index < -0.39 is 0 Å². The molecule has 0 aliphatic carbocycles. The summed E-state index contributed by atoms with van der Waals surface area (Å²) in [7, 11) is 0. The van der Waals surface area contributed by atoms with Gasteiger partial charge in [0, 0.05) is 29.9 Å². The van der Waals surface area contributed by atoms with Crippen LogP contribution in [0.1, 0.15) is 33.3 Å². The molecular weight excluding hydrogens is 264 g/mol. The van der Waals surface area contributed by atoms with Gasteiger partial charge in [-0.2, -0.15) is 0 Å². The Morgan fingerprint density at radius 3 is 2.81 bits per heavy atom. The van der Waals surface area contributed by atoms with Crippen molar-refractivity contribution in [2.24, 2.45) is 0 Å². The molecule has 0 spiro atoms. The van der Waals surface area contributed by atoms with E-state index in [0.717, 1.165) is 24.1 Å². The van der Waals surface area contributed by atoms with Crippen molar-refractivity contribution in [3.05, 3.63) is 30.1 Å². The Morgan fingerprint density at radius 1 is 1.38 bits per heavy atom. The van der Waals surface area contributed by atoms with Crippen LogP contribution in [0, 0.1) is 0 Å². The summed E-state index contributed by atoms with van der Waals surface area (Å²) >= 11 is 0. The van der Waals surface area contributed by atoms with Gasteiger partial charge in [0.05, 0.1) is 0 Å². The van der Waals surface area contributed by atoms with Crippen LogP contribution in [-0.4, -0.2) is 27.5 Å². The summed E-state index contributed by atoms with van der Waals surface area (Å²) < 4.78 is 1.92. The number of nitrogens with one attached hydrogen (secondary N) is 2. The Hall–Kier alpha value is -1.88. The minimum atomic E-state index is -0.222. The quantitative estimate of drug-likeness (QED) is 0.885. The van der Waals surface area contributed by atoms with Crippen molar-refractivity contribution in [2.75, 3.05) is 6.54 Å². The third-order valence-electron chi connectivity index (χ3n) is 3.11. The van der Waals surface area contributed by atoms with Gasteiger partial charge in [-0.3, -0.25) is 4.79 Å². The highest BCUT2D eigenvalue weighted by molar-refractivity contribution is 5.83. The van der Waals surface area contributed by atoms with Gasteiger partial charge in [0.25, 0.3) is 0 Å². The molecule has 114 valence electrons. The molecule has 0 unspecified atom stereocenters. The Kier molecular flexibility index (Phi) is 4.63. The molecule has 0 fully saturated rings. The minimum Gasteiger partial charge on any atom is -0.350 e. The van der Waals surface area contributed by atoms with Crippen LogP contribution in [-0.2, 0) is 17.9 Å². The molecule has 5 nitrogen and oxygen atoms in total. The average Bonchev–Trinajstić information content (AvgIpc) is 2.73. The zero-order chi connectivity index (χ0) is 15.5. The fourth-order valence-corrected chi connectivity index (χ4v) is 2.33. The Bertz CT molecular complexity index is 625. The van der Waals surface area contributed by atoms with Gasteiger partial charge in [-0.1, -0.05) is 6.92 Å². The van der Waals surface area contributed by atoms with Gasteiger partial charge in [-0.15, -0.1) is 0 Å². The highest BCUT2D eigenvalue weighted by Gasteiger charge is 2.16. The van der Waals surface area contributed by atoms with Gasteiger partial charge in [0.2, 0.25) is 5.91 Å². The molecule has 0 aliphatic heterocycles. The normalized spacial score (nSPS) is 11.8. The van der Waals surface area contributed by atoms with E-state index in [-0.39, 0.29) is 18.0 Å². The number of amides is 1. The van der Waals surface area contributed by atoms with Crippen LogP contribution in [0.4, 0.5) is 0 Å². The summed E-state index contributed by atoms with van der Waals surface area (Å²) in [6.07, 6.45) is 3.78. The highest BCUT2D eigenvalue weighted by atomic mass is 16.2. The SMILES string of the molecule is CCNCc1cn(CC(=O)NC(C)(C)C)c2ncccc12. The van der Waals surface area contributed by atoms with Crippen LogP contribution in [0.5, 0.6) is 0 Å². The van der Waals surface area contributed by atoms with Crippen LogP contribution in [0.3, 0.4) is 0 Å². The second-order valence-electron chi connectivity index (χ2n) is 6.24. The summed E-state index contributed by atoms with van der Waals surface area (Å²) in [5.74, 6) is 0.0000498. The first kappa shape index (κ1) is 15.5. The number of fused-ring (bicyclic) bond motifs is 1. The lowest BCUT2D eigenvalue weighted by molar-refractivity contribution is -0.123. The lowest BCUT2D eigenvalue weighted by Gasteiger charge is -2.20. The number of pyridine rings is 1. The van der Waals surface area contributed by atoms with Gasteiger partial charge in [0.15, 0.2) is 0 Å². The molecule has 0 atom stereocenters. The van der Waals surface area contributed by atoms with Crippen molar-refractivity contribution in [3.63, 3.8) is 0 Å². The van der Waals surface area contributed by atoms with Crippen molar-refractivity contribution in [3.8, 4) is 0 Å². The molecule has 0 saturated carbocycles. The van der Waals surface area contributed by atoms with E-state index in [4.69, 9.17) is 0 Å². The number of hydrogen-bond acceptors (Lipinski definition) is 3. The van der Waals surface area contributed by atoms with E-state index in [2.05, 4.69) is 22.5 Å². The molecule has 0 bridgehead atoms. The first-order valence-corrected chi connectivity index (χ1v) is 7.35. The fourth-order valence-electron chi connectivity index (χ4n) is 2.33. The standard InChI is InChI=1S/C16H24N4O/c1-5-17-9-12-10-20(11-14(21)19-16(2,3)4)15-13(12)7-6-8-18-15/h6-8,10,17H,5,9,11H2,1-4H3,(H,19,21). The summed E-state index contributed by atoms with van der Waals surface area (Å²) in [5.41, 5.74) is 1.80. The van der Waals surface area contributed by atoms with Crippen LogP contribution in [0.15, 0.2) is 24.5 Å². The molecule has 2 heterocycles. The lowest BCUT2D eigenvalue weighted by Crippen LogP contribution is -2.42. The predicted octanol–water partition coefficient (Wildman–Crippen LogP) is 2.06. The van der Waals surface area contributed by atoms with Crippen molar-refractivity contribution < 1.29 is 4.79 Å². The fraction of sp³-hybridized carbons (Fsp3) is 0.500. The van der Waals surface area contributed by atoms with Crippen LogP contribution >= 0.6 is 0 Å². The number of carbonyl (C=O) groups excluding carboxylic acids is 1. The van der Waals surface area contributed by atoms with Gasteiger partial charge in [-0.25, -0.2) is 4.98 Å². The maximum Gasteiger partial charge on any atom is 0.240 e. The van der Waals surface area contributed by atoms with Crippen LogP contribution in [0.25, 0.3) is 11.0 Å². The first-order chi connectivity index (χ1) is 9.90. The number of rotatable bonds is 5. The molecule has 0 radical (unpaired) electrons. The van der Waals surface area contributed by atoms with Gasteiger partial charge in [0.1, 0.15) is 12.2 Å². The van der Waals surface area contributed by atoms with E-state index in [1.165, 1.54) is 5.56 Å². The van der Waals surface area contributed by atoms with Gasteiger partial charge < -0.3 is 15.2 Å². The summed E-state index contributed by atoms with van der Waals surface area (Å²) in [5, 5.41) is 7.40. The smallest absolute Gasteiger partial charge is 0.240 e. The summed E-state index contributed by atoms with van der Waals surface area (Å²) in [6.45, 7) is 10.0. The number of carbonyl (C=O) groups is 1. The van der Waals surface area contributed by atoms with Crippen molar-refractivity contribution in [1.29, 1.82) is 0 Å². The third kappa shape index (κ3) is 4.04. The number of nitrogens with zero attached hydrogens (tertiary/aromatic N) is 2. The topological polar surface area (TPSA) is 59.0 Å². The Labute approximate surface area is 125 Å². The molecule has 21 heavy (non-hydrogen) atoms. The zero-order valence-corrected chi connectivity index (χ0v) is 13.2. The van der Waals surface area contributed by atoms with E-state index in [1.807, 2.05) is 43.7 Å². The molecule has 0 aromatic carbocycles. The molecule has 0 saturated heterocycles. The Morgan fingerprint density at radius 2 is 2.14 bits per heavy atom. The van der Waals surface area contributed by atoms with E-state index in [9.17, 15) is 4.79 Å². The zero-order valence-electron chi connectivity index (χ0n) is 13.2. The monoisotopic (exact) mass is 288 g/mol. The summed E-state index contributed by atoms with van der Waals surface area (Å²) in [6, 6.07) is 3.98. The molecule has 2 N–H and O–H groups in total. The van der Waals surface area contributed by atoms with Crippen molar-refractivity contribution >= 4 is 16.9 Å². The van der Waals surface area contributed by atoms with Crippen LogP contribution in [0.2, 0.25) is 0 Å². The predicted molar refractivity (Wildman–Crippen MR) is 85.0 cm³/mol. The highest BCUT2D eigenvalue weighted by Crippen LogP contribution is 2.19. The molecule has 2 aromatic rings. The summed E-state index contributed by atoms with van der Waals surface area (Å²) in [4.78, 5) is 16.5. The largest absolute Gasteiger partial charge is 0.350 e. The minimum absolute atomic E-state index is 0.0000498. The lowest BCUT2D eigenvalue weighted by atomic mass is 10.1. The number of hydrogen-bond donors (Lipinski definition) is 2. The van der Waals surface area contributed by atoms with Crippen molar-refractivity contribution in [1.82, 2.24) is 20.2 Å². The molecule has 5 heteroatoms. The number of aromatic nitrogens is 2. The van der Waals surface area contributed by atoms with Crippen LogP contribution < -0.4 is 10.6 Å². The van der Waals surface area contributed by atoms with Crippen molar-refractivity contribution in [2.45, 2.75) is 46.3 Å². The maximum atomic E-state index is 12.1. The van der Waals surface area contributed by atoms with E-state index in [1.54, 1.807) is 6.20 Å². The molecule has 1 amide bonds. The van der Waals surface area contributed by atoms with E-state index >= 15 is 0 Å². The second kappa shape index (κ2) is 6.26. The Balaban J connectivity index is 2.25. The third-order valence-corrected chi connectivity index (χ3v) is 3.11. The molecule has 2 rings (SSSR count). The second-order valence-corrected chi connectivity index (χ2v) is 6.24. The van der Waals surface area contributed by atoms with Gasteiger partial charge >= 0.3 is 0 Å².